The normalized spacial score (nSPS) is 12.1. The lowest BCUT2D eigenvalue weighted by Crippen LogP contribution is -2.08. The molecule has 6 nitrogen and oxygen atoms in total. The number of nitro benzene ring substituents is 1. The highest BCUT2D eigenvalue weighted by atomic mass is 32.2. The Morgan fingerprint density at radius 1 is 1.50 bits per heavy atom. The van der Waals surface area contributed by atoms with Gasteiger partial charge in [0.15, 0.2) is 0 Å². The predicted molar refractivity (Wildman–Crippen MR) is 62.0 cm³/mol. The monoisotopic (exact) mass is 275 g/mol. The van der Waals surface area contributed by atoms with Crippen LogP contribution in [-0.2, 0) is 21.3 Å². The topological polar surface area (TPSA) is 97.5 Å². The molecule has 1 rings (SSSR count). The van der Waals surface area contributed by atoms with Crippen molar-refractivity contribution in [2.45, 2.75) is 12.2 Å². The van der Waals surface area contributed by atoms with Gasteiger partial charge in [0.1, 0.15) is 5.82 Å². The molecule has 98 valence electrons. The van der Waals surface area contributed by atoms with Crippen LogP contribution in [0.15, 0.2) is 18.2 Å². The Labute approximate surface area is 104 Å². The van der Waals surface area contributed by atoms with E-state index in [1.54, 1.807) is 0 Å². The molecule has 18 heavy (non-hydrogen) atoms. The van der Waals surface area contributed by atoms with Gasteiger partial charge < -0.3 is 5.11 Å². The van der Waals surface area contributed by atoms with E-state index in [0.29, 0.717) is 0 Å². The van der Waals surface area contributed by atoms with E-state index in [0.717, 1.165) is 18.2 Å². The number of hydrogen-bond acceptors (Lipinski definition) is 4. The summed E-state index contributed by atoms with van der Waals surface area (Å²) >= 11 is 0. The van der Waals surface area contributed by atoms with Gasteiger partial charge in [0.2, 0.25) is 0 Å². The number of rotatable bonds is 6. The Balaban J connectivity index is 2.82. The van der Waals surface area contributed by atoms with Crippen molar-refractivity contribution in [3.05, 3.63) is 39.7 Å². The molecule has 0 heterocycles. The lowest BCUT2D eigenvalue weighted by atomic mass is 10.2. The summed E-state index contributed by atoms with van der Waals surface area (Å²) in [5.74, 6) is -2.12. The summed E-state index contributed by atoms with van der Waals surface area (Å²) in [7, 11) is -1.58. The van der Waals surface area contributed by atoms with Crippen LogP contribution in [0, 0.1) is 15.9 Å². The lowest BCUT2D eigenvalue weighted by molar-refractivity contribution is -0.385. The summed E-state index contributed by atoms with van der Waals surface area (Å²) in [5, 5.41) is 19.1. The van der Waals surface area contributed by atoms with Crippen molar-refractivity contribution < 1.29 is 23.4 Å². The summed E-state index contributed by atoms with van der Waals surface area (Å²) in [6.45, 7) is 0. The average Bonchev–Trinajstić information content (AvgIpc) is 2.26. The SMILES string of the molecule is O=C(O)CCS(=O)Cc1cc(F)ccc1[N+](=O)[O-]. The molecule has 0 aliphatic heterocycles. The maximum atomic E-state index is 13.0. The summed E-state index contributed by atoms with van der Waals surface area (Å²) in [5.41, 5.74) is -0.316. The number of benzene rings is 1. The molecule has 0 bridgehead atoms. The average molecular weight is 275 g/mol. The van der Waals surface area contributed by atoms with E-state index in [1.807, 2.05) is 0 Å². The Kier molecular flexibility index (Phi) is 4.90. The Bertz CT molecular complexity index is 505. The molecule has 1 atom stereocenters. The van der Waals surface area contributed by atoms with Crippen LogP contribution in [0.1, 0.15) is 12.0 Å². The molecule has 0 radical (unpaired) electrons. The standard InChI is InChI=1S/C10H10FNO5S/c11-8-1-2-9(12(15)16)7(5-8)6-18(17)4-3-10(13)14/h1-2,5H,3-4,6H2,(H,13,14). The third-order valence-electron chi connectivity index (χ3n) is 2.10. The first-order valence-corrected chi connectivity index (χ1v) is 6.38. The minimum atomic E-state index is -1.58. The van der Waals surface area contributed by atoms with Gasteiger partial charge >= 0.3 is 5.97 Å². The van der Waals surface area contributed by atoms with E-state index >= 15 is 0 Å². The van der Waals surface area contributed by atoms with Crippen LogP contribution in [0.3, 0.4) is 0 Å². The van der Waals surface area contributed by atoms with Gasteiger partial charge in [-0.05, 0) is 12.1 Å². The molecular weight excluding hydrogens is 265 g/mol. The molecule has 0 amide bonds. The summed E-state index contributed by atoms with van der Waals surface area (Å²) in [6.07, 6.45) is -0.296. The molecule has 1 unspecified atom stereocenters. The fraction of sp³-hybridized carbons (Fsp3) is 0.300. The van der Waals surface area contributed by atoms with E-state index in [2.05, 4.69) is 0 Å². The number of carbonyl (C=O) groups is 1. The Morgan fingerprint density at radius 3 is 2.72 bits per heavy atom. The highest BCUT2D eigenvalue weighted by Crippen LogP contribution is 2.21. The quantitative estimate of drug-likeness (QED) is 0.626. The Morgan fingerprint density at radius 2 is 2.17 bits per heavy atom. The second kappa shape index (κ2) is 6.20. The van der Waals surface area contributed by atoms with Gasteiger partial charge in [-0.3, -0.25) is 19.1 Å². The van der Waals surface area contributed by atoms with Crippen LogP contribution in [-0.4, -0.2) is 26.0 Å². The van der Waals surface area contributed by atoms with Gasteiger partial charge in [0.25, 0.3) is 5.69 Å². The van der Waals surface area contributed by atoms with Crippen molar-refractivity contribution >= 4 is 22.5 Å². The molecular formula is C10H10FNO5S. The summed E-state index contributed by atoms with van der Waals surface area (Å²) in [6, 6.07) is 2.89. The first-order valence-electron chi connectivity index (χ1n) is 4.89. The molecule has 0 saturated carbocycles. The molecule has 8 heteroatoms. The van der Waals surface area contributed by atoms with Crippen molar-refractivity contribution in [1.29, 1.82) is 0 Å². The number of hydrogen-bond donors (Lipinski definition) is 1. The molecule has 1 aromatic carbocycles. The largest absolute Gasteiger partial charge is 0.481 e. The van der Waals surface area contributed by atoms with Gasteiger partial charge in [-0.25, -0.2) is 4.39 Å². The molecule has 0 spiro atoms. The fourth-order valence-electron chi connectivity index (χ4n) is 1.29. The van der Waals surface area contributed by atoms with Crippen LogP contribution in [0.4, 0.5) is 10.1 Å². The van der Waals surface area contributed by atoms with Crippen molar-refractivity contribution in [2.24, 2.45) is 0 Å². The second-order valence-corrected chi connectivity index (χ2v) is 5.04. The third-order valence-corrected chi connectivity index (χ3v) is 3.39. The predicted octanol–water partition coefficient (Wildman–Crippen LogP) is 1.46. The van der Waals surface area contributed by atoms with E-state index in [9.17, 15) is 23.5 Å². The van der Waals surface area contributed by atoms with Crippen molar-refractivity contribution in [3.63, 3.8) is 0 Å². The number of nitro groups is 1. The maximum Gasteiger partial charge on any atom is 0.304 e. The van der Waals surface area contributed by atoms with E-state index in [-0.39, 0.29) is 29.2 Å². The number of aliphatic carboxylic acids is 1. The van der Waals surface area contributed by atoms with E-state index in [1.165, 1.54) is 0 Å². The zero-order valence-corrected chi connectivity index (χ0v) is 9.98. The number of nitrogens with zero attached hydrogens (tertiary/aromatic N) is 1. The maximum absolute atomic E-state index is 13.0. The van der Waals surface area contributed by atoms with Crippen LogP contribution in [0.25, 0.3) is 0 Å². The van der Waals surface area contributed by atoms with Gasteiger partial charge in [-0.1, -0.05) is 0 Å². The van der Waals surface area contributed by atoms with Crippen LogP contribution < -0.4 is 0 Å². The first-order chi connectivity index (χ1) is 8.40. The summed E-state index contributed by atoms with van der Waals surface area (Å²) in [4.78, 5) is 20.3. The molecule has 1 N–H and O–H groups in total. The third kappa shape index (κ3) is 4.21. The molecule has 0 fully saturated rings. The molecule has 0 aliphatic rings. The molecule has 0 aromatic heterocycles. The van der Waals surface area contributed by atoms with Crippen molar-refractivity contribution in [1.82, 2.24) is 0 Å². The highest BCUT2D eigenvalue weighted by molar-refractivity contribution is 7.84. The fourth-order valence-corrected chi connectivity index (χ4v) is 2.42. The van der Waals surface area contributed by atoms with E-state index in [4.69, 9.17) is 5.11 Å². The second-order valence-electron chi connectivity index (χ2n) is 3.46. The zero-order chi connectivity index (χ0) is 13.7. The summed E-state index contributed by atoms with van der Waals surface area (Å²) < 4.78 is 24.5. The van der Waals surface area contributed by atoms with E-state index < -0.39 is 27.5 Å². The first kappa shape index (κ1) is 14.2. The van der Waals surface area contributed by atoms with Gasteiger partial charge in [-0.2, -0.15) is 0 Å². The lowest BCUT2D eigenvalue weighted by Gasteiger charge is -2.03. The van der Waals surface area contributed by atoms with Gasteiger partial charge in [0.05, 0.1) is 17.1 Å². The molecule has 0 saturated heterocycles. The molecule has 0 aliphatic carbocycles. The van der Waals surface area contributed by atoms with Gasteiger partial charge in [-0.15, -0.1) is 0 Å². The van der Waals surface area contributed by atoms with Crippen LogP contribution in [0.5, 0.6) is 0 Å². The minimum Gasteiger partial charge on any atom is -0.481 e. The molecule has 1 aromatic rings. The smallest absolute Gasteiger partial charge is 0.304 e. The van der Waals surface area contributed by atoms with Crippen LogP contribution in [0.2, 0.25) is 0 Å². The number of carboxylic acid groups (broad SMARTS) is 1. The van der Waals surface area contributed by atoms with Crippen molar-refractivity contribution in [2.75, 3.05) is 5.75 Å². The minimum absolute atomic E-state index is 0.00345. The number of halogens is 1. The van der Waals surface area contributed by atoms with Crippen LogP contribution >= 0.6 is 0 Å². The van der Waals surface area contributed by atoms with Crippen molar-refractivity contribution in [3.8, 4) is 0 Å². The number of carboxylic acids is 1. The zero-order valence-electron chi connectivity index (χ0n) is 9.17. The highest BCUT2D eigenvalue weighted by Gasteiger charge is 2.17. The Hall–Kier alpha value is -1.83. The van der Waals surface area contributed by atoms with Gasteiger partial charge in [0, 0.05) is 28.2 Å².